The third-order valence-electron chi connectivity index (χ3n) is 4.37. The number of hydrogen-bond donors (Lipinski definition) is 1. The number of benzene rings is 1. The number of Topliss-reactive ketones (excluding diaryl/α,β-unsaturated/α-hetero) is 1. The molecule has 4 aromatic rings. The zero-order valence-corrected chi connectivity index (χ0v) is 19.2. The van der Waals surface area contributed by atoms with Gasteiger partial charge in [-0.3, -0.25) is 9.59 Å². The van der Waals surface area contributed by atoms with Gasteiger partial charge in [-0.1, -0.05) is 23.9 Å². The van der Waals surface area contributed by atoms with Gasteiger partial charge in [0.25, 0.3) is 0 Å². The zero-order chi connectivity index (χ0) is 21.8. The Morgan fingerprint density at radius 2 is 1.71 bits per heavy atom. The maximum atomic E-state index is 12.7. The highest BCUT2D eigenvalue weighted by Crippen LogP contribution is 2.34. The molecule has 6 nitrogen and oxygen atoms in total. The Balaban J connectivity index is 1.52. The summed E-state index contributed by atoms with van der Waals surface area (Å²) in [5, 5.41) is 15.9. The number of aromatic nitrogens is 3. The van der Waals surface area contributed by atoms with E-state index in [0.717, 1.165) is 26.7 Å². The molecule has 0 aliphatic rings. The van der Waals surface area contributed by atoms with Gasteiger partial charge in [-0.25, -0.2) is 4.98 Å². The fourth-order valence-corrected chi connectivity index (χ4v) is 5.02. The molecule has 3 aromatic heterocycles. The fraction of sp³-hybridized carbons (Fsp3) is 0.136. The second-order valence-corrected chi connectivity index (χ2v) is 9.51. The summed E-state index contributed by atoms with van der Waals surface area (Å²) in [5.74, 6) is 0.0176. The van der Waals surface area contributed by atoms with Gasteiger partial charge in [0.1, 0.15) is 11.4 Å². The van der Waals surface area contributed by atoms with Gasteiger partial charge in [0, 0.05) is 18.2 Å². The third kappa shape index (κ3) is 5.07. The molecule has 0 bridgehead atoms. The van der Waals surface area contributed by atoms with Crippen LogP contribution < -0.4 is 5.32 Å². The van der Waals surface area contributed by atoms with Crippen LogP contribution in [0, 0.1) is 6.92 Å². The normalized spacial score (nSPS) is 10.8. The number of aryl methyl sites for hydroxylation is 1. The van der Waals surface area contributed by atoms with Gasteiger partial charge < -0.3 is 5.32 Å². The number of ketones is 1. The van der Waals surface area contributed by atoms with Crippen molar-refractivity contribution < 1.29 is 9.59 Å². The SMILES string of the molecule is CC(=O)Nc1ccc(C(=O)CSc2nnc(-c3cccs3)c(-c3cccs3)n2)cc1C. The van der Waals surface area contributed by atoms with E-state index in [1.54, 1.807) is 40.9 Å². The first-order valence-corrected chi connectivity index (χ1v) is 12.1. The first-order chi connectivity index (χ1) is 15.0. The van der Waals surface area contributed by atoms with Crippen LogP contribution in [0.5, 0.6) is 0 Å². The summed E-state index contributed by atoms with van der Waals surface area (Å²) in [6.07, 6.45) is 0. The van der Waals surface area contributed by atoms with Crippen molar-refractivity contribution in [1.82, 2.24) is 15.2 Å². The summed E-state index contributed by atoms with van der Waals surface area (Å²) >= 11 is 4.45. The zero-order valence-electron chi connectivity index (χ0n) is 16.8. The van der Waals surface area contributed by atoms with Crippen LogP contribution in [0.3, 0.4) is 0 Å². The molecule has 0 fully saturated rings. The molecule has 0 aliphatic carbocycles. The number of carbonyl (C=O) groups excluding carboxylic acids is 2. The van der Waals surface area contributed by atoms with Crippen molar-refractivity contribution in [2.75, 3.05) is 11.1 Å². The number of amides is 1. The van der Waals surface area contributed by atoms with Crippen molar-refractivity contribution in [3.8, 4) is 21.1 Å². The first kappa shape index (κ1) is 21.4. The Kier molecular flexibility index (Phi) is 6.55. The highest BCUT2D eigenvalue weighted by molar-refractivity contribution is 7.99. The van der Waals surface area contributed by atoms with Gasteiger partial charge >= 0.3 is 0 Å². The predicted octanol–water partition coefficient (Wildman–Crippen LogP) is 5.57. The lowest BCUT2D eigenvalue weighted by Gasteiger charge is -2.09. The minimum atomic E-state index is -0.144. The van der Waals surface area contributed by atoms with E-state index in [0.29, 0.717) is 16.4 Å². The topological polar surface area (TPSA) is 84.8 Å². The van der Waals surface area contributed by atoms with Crippen molar-refractivity contribution in [3.63, 3.8) is 0 Å². The van der Waals surface area contributed by atoms with Crippen molar-refractivity contribution in [3.05, 3.63) is 64.4 Å². The molecule has 0 unspecified atom stereocenters. The minimum absolute atomic E-state index is 0.0360. The lowest BCUT2D eigenvalue weighted by atomic mass is 10.1. The molecule has 0 saturated heterocycles. The maximum absolute atomic E-state index is 12.7. The Labute approximate surface area is 191 Å². The number of carbonyl (C=O) groups is 2. The maximum Gasteiger partial charge on any atom is 0.221 e. The minimum Gasteiger partial charge on any atom is -0.326 e. The quantitative estimate of drug-likeness (QED) is 0.283. The van der Waals surface area contributed by atoms with Crippen LogP contribution in [0.15, 0.2) is 58.4 Å². The second-order valence-electron chi connectivity index (χ2n) is 6.67. The molecule has 0 radical (unpaired) electrons. The van der Waals surface area contributed by atoms with Gasteiger partial charge in [0.15, 0.2) is 5.78 Å². The highest BCUT2D eigenvalue weighted by Gasteiger charge is 2.17. The predicted molar refractivity (Wildman–Crippen MR) is 127 cm³/mol. The van der Waals surface area contributed by atoms with Gasteiger partial charge in [-0.2, -0.15) is 0 Å². The van der Waals surface area contributed by atoms with Crippen molar-refractivity contribution in [1.29, 1.82) is 0 Å². The molecule has 0 spiro atoms. The van der Waals surface area contributed by atoms with E-state index in [1.807, 2.05) is 41.9 Å². The first-order valence-electron chi connectivity index (χ1n) is 9.38. The van der Waals surface area contributed by atoms with Crippen LogP contribution in [-0.2, 0) is 4.79 Å². The molecule has 4 rings (SSSR count). The molecule has 1 aromatic carbocycles. The number of thiophene rings is 2. The number of nitrogens with one attached hydrogen (secondary N) is 1. The van der Waals surface area contributed by atoms with Crippen LogP contribution in [0.2, 0.25) is 0 Å². The highest BCUT2D eigenvalue weighted by atomic mass is 32.2. The molecule has 1 N–H and O–H groups in total. The van der Waals surface area contributed by atoms with E-state index < -0.39 is 0 Å². The number of hydrogen-bond acceptors (Lipinski definition) is 8. The lowest BCUT2D eigenvalue weighted by Crippen LogP contribution is -2.09. The molecule has 0 saturated carbocycles. The summed E-state index contributed by atoms with van der Waals surface area (Å²) in [6.45, 7) is 3.32. The number of rotatable bonds is 7. The summed E-state index contributed by atoms with van der Waals surface area (Å²) in [7, 11) is 0. The molecule has 9 heteroatoms. The van der Waals surface area contributed by atoms with E-state index in [1.165, 1.54) is 18.7 Å². The smallest absolute Gasteiger partial charge is 0.221 e. The monoisotopic (exact) mass is 466 g/mol. The number of thioether (sulfide) groups is 1. The average molecular weight is 467 g/mol. The van der Waals surface area contributed by atoms with Crippen molar-refractivity contribution >= 4 is 51.8 Å². The fourth-order valence-electron chi connectivity index (χ4n) is 2.92. The summed E-state index contributed by atoms with van der Waals surface area (Å²) in [5.41, 5.74) is 3.65. The van der Waals surface area contributed by atoms with E-state index in [9.17, 15) is 9.59 Å². The van der Waals surface area contributed by atoms with Crippen LogP contribution in [0.25, 0.3) is 21.1 Å². The molecule has 1 amide bonds. The largest absolute Gasteiger partial charge is 0.326 e. The number of anilines is 1. The van der Waals surface area contributed by atoms with Crippen LogP contribution in [0.1, 0.15) is 22.8 Å². The van der Waals surface area contributed by atoms with Crippen LogP contribution >= 0.6 is 34.4 Å². The van der Waals surface area contributed by atoms with E-state index in [2.05, 4.69) is 15.5 Å². The van der Waals surface area contributed by atoms with Crippen molar-refractivity contribution in [2.45, 2.75) is 19.0 Å². The molecular formula is C22H18N4O2S3. The molecule has 0 aliphatic heterocycles. The van der Waals surface area contributed by atoms with Gasteiger partial charge in [0.05, 0.1) is 15.5 Å². The molecule has 3 heterocycles. The summed E-state index contributed by atoms with van der Waals surface area (Å²) in [4.78, 5) is 30.7. The standard InChI is InChI=1S/C22H18N4O2S3/c1-13-11-15(7-8-16(13)23-14(2)27)17(28)12-31-22-24-20(18-5-3-9-29-18)21(25-26-22)19-6-4-10-30-19/h3-11H,12H2,1-2H3,(H,23,27). The second kappa shape index (κ2) is 9.51. The molecular weight excluding hydrogens is 448 g/mol. The molecule has 31 heavy (non-hydrogen) atoms. The van der Waals surface area contributed by atoms with E-state index >= 15 is 0 Å². The van der Waals surface area contributed by atoms with Gasteiger partial charge in [-0.05, 0) is 53.6 Å². The van der Waals surface area contributed by atoms with Gasteiger partial charge in [-0.15, -0.1) is 32.9 Å². The number of nitrogens with zero attached hydrogens (tertiary/aromatic N) is 3. The lowest BCUT2D eigenvalue weighted by molar-refractivity contribution is -0.114. The van der Waals surface area contributed by atoms with Gasteiger partial charge in [0.2, 0.25) is 11.1 Å². The Morgan fingerprint density at radius 3 is 2.32 bits per heavy atom. The Hall–Kier alpha value is -2.88. The third-order valence-corrected chi connectivity index (χ3v) is 6.96. The summed E-state index contributed by atoms with van der Waals surface area (Å²) < 4.78 is 0. The Morgan fingerprint density at radius 1 is 1.00 bits per heavy atom. The Bertz CT molecular complexity index is 1220. The van der Waals surface area contributed by atoms with Crippen molar-refractivity contribution in [2.24, 2.45) is 0 Å². The van der Waals surface area contributed by atoms with Crippen LogP contribution in [-0.4, -0.2) is 32.6 Å². The van der Waals surface area contributed by atoms with E-state index in [4.69, 9.17) is 4.98 Å². The van der Waals surface area contributed by atoms with Crippen LogP contribution in [0.4, 0.5) is 5.69 Å². The van der Waals surface area contributed by atoms with E-state index in [-0.39, 0.29) is 17.4 Å². The molecule has 0 atom stereocenters. The molecule has 156 valence electrons. The average Bonchev–Trinajstić information content (AvgIpc) is 3.47. The summed E-state index contributed by atoms with van der Waals surface area (Å²) in [6, 6.07) is 13.2.